The summed E-state index contributed by atoms with van der Waals surface area (Å²) in [6.45, 7) is 23.3. The fraction of sp³-hybridized carbons (Fsp3) is 0.400. The van der Waals surface area contributed by atoms with Crippen molar-refractivity contribution < 1.29 is 5.11 Å². The molecule has 0 saturated heterocycles. The van der Waals surface area contributed by atoms with Gasteiger partial charge < -0.3 is 5.11 Å². The SMILES string of the molecule is C=C(C)[C@H](O)CC/C(C)=C/C=C/C(C)=C/C=C/C(C)=C/C=C/C=C(C)/C=C/C=C(C)/C=C/C1=C(C)CCCC1(C)C. The van der Waals surface area contributed by atoms with Crippen molar-refractivity contribution in [3.05, 3.63) is 142 Å². The Morgan fingerprint density at radius 1 is 0.756 bits per heavy atom. The van der Waals surface area contributed by atoms with Crippen LogP contribution < -0.4 is 0 Å². The quantitative estimate of drug-likeness (QED) is 0.168. The zero-order valence-electron chi connectivity index (χ0n) is 27.4. The number of allylic oxidation sites excluding steroid dienone is 22. The van der Waals surface area contributed by atoms with Gasteiger partial charge in [0.05, 0.1) is 6.10 Å². The molecule has 1 aliphatic rings. The maximum atomic E-state index is 9.86. The van der Waals surface area contributed by atoms with Gasteiger partial charge in [-0.05, 0) is 91.6 Å². The van der Waals surface area contributed by atoms with Crippen molar-refractivity contribution in [3.63, 3.8) is 0 Å². The summed E-state index contributed by atoms with van der Waals surface area (Å²) < 4.78 is 0. The normalized spacial score (nSPS) is 19.2. The van der Waals surface area contributed by atoms with Crippen LogP contribution >= 0.6 is 0 Å². The average Bonchev–Trinajstić information content (AvgIpc) is 2.89. The van der Waals surface area contributed by atoms with Gasteiger partial charge in [-0.2, -0.15) is 0 Å². The lowest BCUT2D eigenvalue weighted by molar-refractivity contribution is 0.201. The van der Waals surface area contributed by atoms with Crippen LogP contribution in [0.2, 0.25) is 0 Å². The number of hydrogen-bond donors (Lipinski definition) is 1. The van der Waals surface area contributed by atoms with Gasteiger partial charge in [-0.3, -0.25) is 0 Å². The average molecular weight is 553 g/mol. The summed E-state index contributed by atoms with van der Waals surface area (Å²) in [5, 5.41) is 9.86. The molecule has 222 valence electrons. The van der Waals surface area contributed by atoms with Crippen LogP contribution in [0.1, 0.15) is 94.4 Å². The molecule has 0 amide bonds. The molecule has 1 N–H and O–H groups in total. The molecule has 0 fully saturated rings. The molecule has 1 aliphatic carbocycles. The summed E-state index contributed by atoms with van der Waals surface area (Å²) in [6.07, 6.45) is 37.0. The Hall–Kier alpha value is -3.16. The highest BCUT2D eigenvalue weighted by molar-refractivity contribution is 5.37. The number of aliphatic hydroxyl groups is 1. The first kappa shape index (κ1) is 35.9. The minimum absolute atomic E-state index is 0.282. The summed E-state index contributed by atoms with van der Waals surface area (Å²) in [5.41, 5.74) is 10.3. The standard InChI is InChI=1S/C40H56O/c1-31(2)39(41)29-27-36(7)24-15-22-34(5)21-13-19-32(3)17-11-12-18-33(4)20-14-23-35(6)26-28-38-37(8)25-16-30-40(38,9)10/h11-15,17-24,26,28,39,41H,1,16,25,27,29-30H2,2-10H3/b12-11+,19-13+,20-14+,22-15+,28-26+,32-17+,33-18+,34-21+,35-23+,36-24+/t39-/m1/s1. The van der Waals surface area contributed by atoms with Crippen molar-refractivity contribution in [2.75, 3.05) is 0 Å². The maximum absolute atomic E-state index is 9.86. The van der Waals surface area contributed by atoms with Crippen LogP contribution in [0.4, 0.5) is 0 Å². The highest BCUT2D eigenvalue weighted by Gasteiger charge is 2.26. The van der Waals surface area contributed by atoms with E-state index in [1.54, 1.807) is 0 Å². The van der Waals surface area contributed by atoms with Crippen LogP contribution in [-0.2, 0) is 0 Å². The zero-order valence-corrected chi connectivity index (χ0v) is 27.4. The molecular weight excluding hydrogens is 496 g/mol. The van der Waals surface area contributed by atoms with Gasteiger partial charge in [0.15, 0.2) is 0 Å². The Morgan fingerprint density at radius 3 is 1.71 bits per heavy atom. The largest absolute Gasteiger partial charge is 0.389 e. The zero-order chi connectivity index (χ0) is 30.8. The van der Waals surface area contributed by atoms with Crippen molar-refractivity contribution in [1.82, 2.24) is 0 Å². The van der Waals surface area contributed by atoms with Crippen LogP contribution in [0.5, 0.6) is 0 Å². The summed E-state index contributed by atoms with van der Waals surface area (Å²) >= 11 is 0. The molecular formula is C40H56O. The second-order valence-corrected chi connectivity index (χ2v) is 12.3. The van der Waals surface area contributed by atoms with Gasteiger partial charge in [0.1, 0.15) is 0 Å². The number of hydrogen-bond acceptors (Lipinski definition) is 1. The van der Waals surface area contributed by atoms with Crippen molar-refractivity contribution in [2.45, 2.75) is 101 Å². The van der Waals surface area contributed by atoms with E-state index in [0.29, 0.717) is 0 Å². The second-order valence-electron chi connectivity index (χ2n) is 12.3. The van der Waals surface area contributed by atoms with E-state index in [0.717, 1.165) is 18.4 Å². The monoisotopic (exact) mass is 552 g/mol. The van der Waals surface area contributed by atoms with Gasteiger partial charge in [0.25, 0.3) is 0 Å². The van der Waals surface area contributed by atoms with E-state index in [9.17, 15) is 5.11 Å². The molecule has 0 spiro atoms. The molecule has 0 saturated carbocycles. The summed E-state index contributed by atoms with van der Waals surface area (Å²) in [5.74, 6) is 0. The van der Waals surface area contributed by atoms with Gasteiger partial charge >= 0.3 is 0 Å². The lowest BCUT2D eigenvalue weighted by Gasteiger charge is -2.32. The molecule has 1 nitrogen and oxygen atoms in total. The molecule has 0 aromatic carbocycles. The summed E-state index contributed by atoms with van der Waals surface area (Å²) in [4.78, 5) is 0. The number of aliphatic hydroxyl groups excluding tert-OH is 1. The third kappa shape index (κ3) is 16.0. The van der Waals surface area contributed by atoms with E-state index < -0.39 is 6.10 Å². The van der Waals surface area contributed by atoms with Gasteiger partial charge in [0, 0.05) is 0 Å². The molecule has 1 heteroatoms. The van der Waals surface area contributed by atoms with E-state index in [1.807, 2.05) is 6.92 Å². The maximum Gasteiger partial charge on any atom is 0.0747 e. The molecule has 0 bridgehead atoms. The predicted octanol–water partition coefficient (Wildman–Crippen LogP) is 11.7. The van der Waals surface area contributed by atoms with Crippen LogP contribution in [0.3, 0.4) is 0 Å². The first-order valence-corrected chi connectivity index (χ1v) is 15.1. The van der Waals surface area contributed by atoms with Gasteiger partial charge in [-0.15, -0.1) is 0 Å². The van der Waals surface area contributed by atoms with Crippen molar-refractivity contribution in [1.29, 1.82) is 0 Å². The Morgan fingerprint density at radius 2 is 1.22 bits per heavy atom. The van der Waals surface area contributed by atoms with E-state index in [-0.39, 0.29) is 5.41 Å². The molecule has 0 aliphatic heterocycles. The first-order valence-electron chi connectivity index (χ1n) is 15.1. The molecule has 0 aromatic rings. The van der Waals surface area contributed by atoms with E-state index in [4.69, 9.17) is 0 Å². The minimum Gasteiger partial charge on any atom is -0.389 e. The predicted molar refractivity (Wildman–Crippen MR) is 185 cm³/mol. The molecule has 0 unspecified atom stereocenters. The van der Waals surface area contributed by atoms with Gasteiger partial charge in [-0.1, -0.05) is 151 Å². The first-order chi connectivity index (χ1) is 19.3. The third-order valence-electron chi connectivity index (χ3n) is 7.44. The second kappa shape index (κ2) is 19.1. The Kier molecular flexibility index (Phi) is 16.7. The fourth-order valence-electron chi connectivity index (χ4n) is 4.62. The van der Waals surface area contributed by atoms with E-state index >= 15 is 0 Å². The van der Waals surface area contributed by atoms with Gasteiger partial charge in [-0.25, -0.2) is 0 Å². The van der Waals surface area contributed by atoms with Gasteiger partial charge in [0.2, 0.25) is 0 Å². The topological polar surface area (TPSA) is 20.2 Å². The van der Waals surface area contributed by atoms with Crippen LogP contribution in [-0.4, -0.2) is 11.2 Å². The third-order valence-corrected chi connectivity index (χ3v) is 7.44. The highest BCUT2D eigenvalue weighted by atomic mass is 16.3. The Balaban J connectivity index is 2.58. The smallest absolute Gasteiger partial charge is 0.0747 e. The molecule has 1 atom stereocenters. The fourth-order valence-corrected chi connectivity index (χ4v) is 4.62. The van der Waals surface area contributed by atoms with E-state index in [1.165, 1.54) is 58.3 Å². The lowest BCUT2D eigenvalue weighted by Crippen LogP contribution is -2.19. The lowest BCUT2D eigenvalue weighted by atomic mass is 9.72. The van der Waals surface area contributed by atoms with E-state index in [2.05, 4.69) is 153 Å². The van der Waals surface area contributed by atoms with Crippen LogP contribution in [0, 0.1) is 5.41 Å². The summed E-state index contributed by atoms with van der Waals surface area (Å²) in [7, 11) is 0. The minimum atomic E-state index is -0.414. The molecule has 41 heavy (non-hydrogen) atoms. The number of rotatable bonds is 14. The van der Waals surface area contributed by atoms with Crippen LogP contribution in [0.25, 0.3) is 0 Å². The molecule has 0 aromatic heterocycles. The Bertz CT molecular complexity index is 1210. The van der Waals surface area contributed by atoms with Crippen LogP contribution in [0.15, 0.2) is 142 Å². The Labute approximate surface area is 252 Å². The molecule has 0 heterocycles. The molecule has 0 radical (unpaired) electrons. The molecule has 1 rings (SSSR count). The van der Waals surface area contributed by atoms with Crippen molar-refractivity contribution >= 4 is 0 Å². The van der Waals surface area contributed by atoms with Crippen molar-refractivity contribution in [2.24, 2.45) is 5.41 Å². The van der Waals surface area contributed by atoms with Crippen molar-refractivity contribution in [3.8, 4) is 0 Å². The summed E-state index contributed by atoms with van der Waals surface area (Å²) in [6, 6.07) is 0. The highest BCUT2D eigenvalue weighted by Crippen LogP contribution is 2.40.